The van der Waals surface area contributed by atoms with E-state index < -0.39 is 42.0 Å². The van der Waals surface area contributed by atoms with Crippen molar-refractivity contribution < 1.29 is 34.2 Å². The molecule has 0 rings (SSSR count). The standard InChI is InChI=1S/C14H23NO6/c1-2-3-4-5-6-7-8-15(9-12(16)17,10-13(18)19)11-14(20)21/h6-7H,2-5,8-11H2,1H3,(H2-,16,17,18,19,20,21)/b7-6+. The molecule has 0 aliphatic carbocycles. The number of aliphatic carboxylic acids is 3. The number of hydrogen-bond donors (Lipinski definition) is 2. The third-order valence-electron chi connectivity index (χ3n) is 3.04. The van der Waals surface area contributed by atoms with E-state index >= 15 is 0 Å². The minimum Gasteiger partial charge on any atom is -0.544 e. The molecule has 7 nitrogen and oxygen atoms in total. The average molecular weight is 301 g/mol. The summed E-state index contributed by atoms with van der Waals surface area (Å²) in [5, 5.41) is 28.6. The molecule has 2 N–H and O–H groups in total. The van der Waals surface area contributed by atoms with Crippen molar-refractivity contribution >= 4 is 17.9 Å². The fourth-order valence-corrected chi connectivity index (χ4v) is 2.14. The van der Waals surface area contributed by atoms with Gasteiger partial charge >= 0.3 is 11.9 Å². The van der Waals surface area contributed by atoms with Crippen molar-refractivity contribution in [2.45, 2.75) is 32.6 Å². The van der Waals surface area contributed by atoms with E-state index in [9.17, 15) is 19.5 Å². The number of nitrogens with zero attached hydrogens (tertiary/aromatic N) is 1. The summed E-state index contributed by atoms with van der Waals surface area (Å²) in [5.74, 6) is -3.94. The van der Waals surface area contributed by atoms with E-state index in [1.807, 2.05) is 6.08 Å². The molecule has 0 fully saturated rings. The lowest BCUT2D eigenvalue weighted by atomic mass is 10.2. The van der Waals surface area contributed by atoms with Gasteiger partial charge in [-0.05, 0) is 18.9 Å². The van der Waals surface area contributed by atoms with Crippen LogP contribution in [0, 0.1) is 0 Å². The molecule has 0 saturated carbocycles. The second kappa shape index (κ2) is 9.93. The molecule has 7 heteroatoms. The zero-order valence-electron chi connectivity index (χ0n) is 12.3. The van der Waals surface area contributed by atoms with Crippen LogP contribution in [0.15, 0.2) is 12.2 Å². The second-order valence-electron chi connectivity index (χ2n) is 5.13. The van der Waals surface area contributed by atoms with Crippen LogP contribution in [0.25, 0.3) is 0 Å². The van der Waals surface area contributed by atoms with Gasteiger partial charge in [0, 0.05) is 0 Å². The van der Waals surface area contributed by atoms with Crippen LogP contribution in [-0.2, 0) is 14.4 Å². The number of carboxylic acid groups (broad SMARTS) is 3. The zero-order valence-corrected chi connectivity index (χ0v) is 12.3. The van der Waals surface area contributed by atoms with E-state index in [0.717, 1.165) is 25.7 Å². The van der Waals surface area contributed by atoms with Crippen molar-refractivity contribution in [3.8, 4) is 0 Å². The van der Waals surface area contributed by atoms with Gasteiger partial charge in [0.1, 0.15) is 6.54 Å². The number of rotatable bonds is 12. The molecule has 0 unspecified atom stereocenters. The second-order valence-corrected chi connectivity index (χ2v) is 5.13. The molecule has 0 amide bonds. The SMILES string of the molecule is CCCCC/C=C/C[N+](CC(=O)[O-])(CC(=O)O)CC(=O)O. The van der Waals surface area contributed by atoms with Crippen molar-refractivity contribution in [2.24, 2.45) is 0 Å². The Morgan fingerprint density at radius 2 is 1.57 bits per heavy atom. The number of carbonyl (C=O) groups is 3. The summed E-state index contributed by atoms with van der Waals surface area (Å²) >= 11 is 0. The number of allylic oxidation sites excluding steroid dienone is 1. The Kier molecular flexibility index (Phi) is 9.03. The molecule has 0 aliphatic heterocycles. The maximum absolute atomic E-state index is 10.9. The predicted octanol–water partition coefficient (Wildman–Crippen LogP) is -0.141. The molecule has 0 aliphatic rings. The highest BCUT2D eigenvalue weighted by atomic mass is 16.4. The van der Waals surface area contributed by atoms with E-state index in [-0.39, 0.29) is 6.54 Å². The summed E-state index contributed by atoms with van der Waals surface area (Å²) in [7, 11) is 0. The van der Waals surface area contributed by atoms with E-state index in [1.165, 1.54) is 0 Å². The molecule has 0 atom stereocenters. The number of carbonyl (C=O) groups excluding carboxylic acids is 1. The van der Waals surface area contributed by atoms with Gasteiger partial charge in [0.2, 0.25) is 0 Å². The van der Waals surface area contributed by atoms with Gasteiger partial charge in [-0.3, -0.25) is 4.48 Å². The van der Waals surface area contributed by atoms with E-state index in [1.54, 1.807) is 6.08 Å². The molecule has 120 valence electrons. The molecule has 0 bridgehead atoms. The summed E-state index contributed by atoms with van der Waals surface area (Å²) in [6.07, 6.45) is 7.45. The lowest BCUT2D eigenvalue weighted by Gasteiger charge is -2.35. The molecule has 21 heavy (non-hydrogen) atoms. The lowest BCUT2D eigenvalue weighted by molar-refractivity contribution is -0.903. The van der Waals surface area contributed by atoms with Crippen LogP contribution in [-0.4, -0.2) is 58.8 Å². The van der Waals surface area contributed by atoms with Gasteiger partial charge in [0.15, 0.2) is 13.1 Å². The molecular weight excluding hydrogens is 278 g/mol. The number of unbranched alkanes of at least 4 members (excludes halogenated alkanes) is 3. The molecule has 0 spiro atoms. The van der Waals surface area contributed by atoms with Crippen molar-refractivity contribution in [2.75, 3.05) is 26.2 Å². The smallest absolute Gasteiger partial charge is 0.359 e. The van der Waals surface area contributed by atoms with Crippen molar-refractivity contribution in [1.29, 1.82) is 0 Å². The van der Waals surface area contributed by atoms with Crippen molar-refractivity contribution in [3.63, 3.8) is 0 Å². The Balaban J connectivity index is 4.84. The fourth-order valence-electron chi connectivity index (χ4n) is 2.14. The van der Waals surface area contributed by atoms with Crippen molar-refractivity contribution in [3.05, 3.63) is 12.2 Å². The van der Waals surface area contributed by atoms with Gasteiger partial charge in [-0.2, -0.15) is 0 Å². The van der Waals surface area contributed by atoms with Gasteiger partial charge in [0.05, 0.1) is 12.5 Å². The highest BCUT2D eigenvalue weighted by Gasteiger charge is 2.32. The largest absolute Gasteiger partial charge is 0.544 e. The molecule has 0 heterocycles. The maximum atomic E-state index is 10.9. The van der Waals surface area contributed by atoms with Crippen molar-refractivity contribution in [1.82, 2.24) is 0 Å². The van der Waals surface area contributed by atoms with Gasteiger partial charge < -0.3 is 20.1 Å². The zero-order chi connectivity index (χ0) is 16.3. The summed E-state index contributed by atoms with van der Waals surface area (Å²) in [6.45, 7) is 0.334. The van der Waals surface area contributed by atoms with Gasteiger partial charge in [-0.25, -0.2) is 9.59 Å². The summed E-state index contributed by atoms with van der Waals surface area (Å²) in [6, 6.07) is 0. The fraction of sp³-hybridized carbons (Fsp3) is 0.643. The number of hydrogen-bond acceptors (Lipinski definition) is 4. The first kappa shape index (κ1) is 19.1. The van der Waals surface area contributed by atoms with Gasteiger partial charge in [-0.1, -0.05) is 25.8 Å². The van der Waals surface area contributed by atoms with E-state index in [0.29, 0.717) is 0 Å². The number of quaternary nitrogens is 1. The van der Waals surface area contributed by atoms with Crippen LogP contribution in [0.4, 0.5) is 0 Å². The molecule has 0 saturated heterocycles. The normalized spacial score (nSPS) is 11.7. The summed E-state index contributed by atoms with van der Waals surface area (Å²) < 4.78 is -0.586. The van der Waals surface area contributed by atoms with E-state index in [4.69, 9.17) is 10.2 Å². The summed E-state index contributed by atoms with van der Waals surface area (Å²) in [4.78, 5) is 32.6. The average Bonchev–Trinajstić information content (AvgIpc) is 2.30. The monoisotopic (exact) mass is 301 g/mol. The summed E-state index contributed by atoms with van der Waals surface area (Å²) in [5.41, 5.74) is 0. The Bertz CT molecular complexity index is 350. The first-order valence-corrected chi connectivity index (χ1v) is 6.95. The van der Waals surface area contributed by atoms with E-state index in [2.05, 4.69) is 6.92 Å². The quantitative estimate of drug-likeness (QED) is 0.294. The van der Waals surface area contributed by atoms with Gasteiger partial charge in [-0.15, -0.1) is 0 Å². The van der Waals surface area contributed by atoms with Crippen LogP contribution in [0.1, 0.15) is 32.6 Å². The number of carboxylic acids is 3. The molecule has 0 aromatic carbocycles. The first-order valence-electron chi connectivity index (χ1n) is 6.95. The maximum Gasteiger partial charge on any atom is 0.359 e. The van der Waals surface area contributed by atoms with Crippen LogP contribution in [0.3, 0.4) is 0 Å². The third-order valence-corrected chi connectivity index (χ3v) is 3.04. The van der Waals surface area contributed by atoms with Crippen LogP contribution < -0.4 is 5.11 Å². The lowest BCUT2D eigenvalue weighted by Crippen LogP contribution is -2.58. The minimum absolute atomic E-state index is 0.0404. The minimum atomic E-state index is -1.46. The Morgan fingerprint density at radius 1 is 1.00 bits per heavy atom. The Morgan fingerprint density at radius 3 is 2.00 bits per heavy atom. The highest BCUT2D eigenvalue weighted by Crippen LogP contribution is 2.08. The third kappa shape index (κ3) is 9.61. The van der Waals surface area contributed by atoms with Crippen LogP contribution in [0.5, 0.6) is 0 Å². The van der Waals surface area contributed by atoms with Crippen LogP contribution in [0.2, 0.25) is 0 Å². The molecule has 0 radical (unpaired) electrons. The first-order chi connectivity index (χ1) is 9.81. The predicted molar refractivity (Wildman–Crippen MR) is 73.3 cm³/mol. The topological polar surface area (TPSA) is 115 Å². The Hall–Kier alpha value is -1.89. The molecule has 0 aromatic heterocycles. The Labute approximate surface area is 124 Å². The molecular formula is C14H23NO6. The highest BCUT2D eigenvalue weighted by molar-refractivity contribution is 5.72. The van der Waals surface area contributed by atoms with Gasteiger partial charge in [0.25, 0.3) is 0 Å². The molecule has 0 aromatic rings. The van der Waals surface area contributed by atoms with Crippen LogP contribution >= 0.6 is 0 Å².